The molecular weight excluding hydrogens is 355 g/mol. The van der Waals surface area contributed by atoms with E-state index < -0.39 is 0 Å². The topological polar surface area (TPSA) is 84.0 Å². The Morgan fingerprint density at radius 2 is 1.77 bits per heavy atom. The largest absolute Gasteiger partial charge is 0.348 e. The lowest BCUT2D eigenvalue weighted by atomic mass is 10.1. The molecule has 0 spiro atoms. The van der Waals surface area contributed by atoms with Crippen LogP contribution in [-0.4, -0.2) is 22.0 Å². The van der Waals surface area contributed by atoms with E-state index in [1.54, 1.807) is 49.4 Å². The van der Waals surface area contributed by atoms with Crippen molar-refractivity contribution in [1.82, 2.24) is 15.5 Å². The molecule has 1 heterocycles. The molecule has 1 aromatic heterocycles. The van der Waals surface area contributed by atoms with Gasteiger partial charge in [0, 0.05) is 23.4 Å². The highest BCUT2D eigenvalue weighted by atomic mass is 32.1. The van der Waals surface area contributed by atoms with E-state index in [4.69, 9.17) is 0 Å². The second-order valence-electron chi connectivity index (χ2n) is 5.43. The summed E-state index contributed by atoms with van der Waals surface area (Å²) < 4.78 is 13.6. The molecule has 0 saturated carbocycles. The molecule has 0 saturated heterocycles. The fraction of sp³-hybridized carbons (Fsp3) is 0.111. The zero-order valence-electron chi connectivity index (χ0n) is 13.8. The normalized spacial score (nSPS) is 10.4. The summed E-state index contributed by atoms with van der Waals surface area (Å²) in [6.07, 6.45) is 0. The number of carbonyl (C=O) groups excluding carboxylic acids is 2. The van der Waals surface area contributed by atoms with Crippen LogP contribution in [-0.2, 0) is 6.54 Å². The van der Waals surface area contributed by atoms with E-state index in [1.807, 2.05) is 0 Å². The van der Waals surface area contributed by atoms with Gasteiger partial charge in [-0.2, -0.15) is 0 Å². The van der Waals surface area contributed by atoms with E-state index in [9.17, 15) is 14.0 Å². The van der Waals surface area contributed by atoms with Crippen molar-refractivity contribution in [1.29, 1.82) is 0 Å². The Morgan fingerprint density at radius 3 is 2.42 bits per heavy atom. The van der Waals surface area contributed by atoms with Crippen molar-refractivity contribution >= 4 is 28.8 Å². The Balaban J connectivity index is 1.59. The number of hydrogen-bond acceptors (Lipinski definition) is 5. The number of benzene rings is 2. The fourth-order valence-corrected chi connectivity index (χ4v) is 2.78. The molecule has 3 rings (SSSR count). The molecule has 0 aliphatic carbocycles. The van der Waals surface area contributed by atoms with E-state index in [0.29, 0.717) is 21.8 Å². The number of amides is 2. The average molecular weight is 370 g/mol. The summed E-state index contributed by atoms with van der Waals surface area (Å²) in [4.78, 5) is 24.2. The summed E-state index contributed by atoms with van der Waals surface area (Å²) in [5, 5.41) is 13.9. The van der Waals surface area contributed by atoms with E-state index in [1.165, 1.54) is 17.4 Å². The second-order valence-corrected chi connectivity index (χ2v) is 6.61. The van der Waals surface area contributed by atoms with E-state index in [-0.39, 0.29) is 29.2 Å². The molecule has 0 unspecified atom stereocenters. The molecule has 0 atom stereocenters. The summed E-state index contributed by atoms with van der Waals surface area (Å²) in [5.41, 5.74) is 1.36. The van der Waals surface area contributed by atoms with Crippen molar-refractivity contribution in [3.05, 3.63) is 75.5 Å². The minimum atomic E-state index is -0.363. The molecule has 3 aromatic rings. The van der Waals surface area contributed by atoms with Gasteiger partial charge in [-0.25, -0.2) is 4.39 Å². The number of rotatable bonds is 5. The van der Waals surface area contributed by atoms with Gasteiger partial charge in [-0.05, 0) is 37.3 Å². The van der Waals surface area contributed by atoms with Crippen molar-refractivity contribution in [3.8, 4) is 0 Å². The van der Waals surface area contributed by atoms with E-state index in [0.717, 1.165) is 0 Å². The average Bonchev–Trinajstić information content (AvgIpc) is 3.08. The van der Waals surface area contributed by atoms with Crippen LogP contribution in [0.3, 0.4) is 0 Å². The molecule has 2 aromatic carbocycles. The van der Waals surface area contributed by atoms with Crippen molar-refractivity contribution < 1.29 is 14.0 Å². The van der Waals surface area contributed by atoms with Gasteiger partial charge in [-0.15, -0.1) is 10.2 Å². The maximum absolute atomic E-state index is 13.6. The predicted octanol–water partition coefficient (Wildman–Crippen LogP) is 3.17. The molecule has 8 heteroatoms. The molecule has 0 bridgehead atoms. The minimum absolute atomic E-state index is 0.0976. The van der Waals surface area contributed by atoms with Crippen LogP contribution in [0.4, 0.5) is 10.1 Å². The maximum atomic E-state index is 13.6. The monoisotopic (exact) mass is 370 g/mol. The van der Waals surface area contributed by atoms with Gasteiger partial charge in [-0.3, -0.25) is 9.59 Å². The summed E-state index contributed by atoms with van der Waals surface area (Å²) in [6.45, 7) is 1.86. The second kappa shape index (κ2) is 7.83. The fourth-order valence-electron chi connectivity index (χ4n) is 2.20. The molecule has 0 fully saturated rings. The van der Waals surface area contributed by atoms with Crippen LogP contribution in [0.25, 0.3) is 0 Å². The standard InChI is InChI=1S/C18H15FN4O2S/c1-11-22-23-18(26-11)17(25)21-14-8-6-12(7-9-14)16(24)20-10-13-4-2-3-5-15(13)19/h2-9H,10H2,1H3,(H,20,24)(H,21,25). The highest BCUT2D eigenvalue weighted by Gasteiger charge is 2.12. The van der Waals surface area contributed by atoms with Crippen LogP contribution in [0, 0.1) is 12.7 Å². The zero-order valence-corrected chi connectivity index (χ0v) is 14.6. The SMILES string of the molecule is Cc1nnc(C(=O)Nc2ccc(C(=O)NCc3ccccc3F)cc2)s1. The van der Waals surface area contributed by atoms with Crippen LogP contribution >= 0.6 is 11.3 Å². The Morgan fingerprint density at radius 1 is 1.04 bits per heavy atom. The van der Waals surface area contributed by atoms with Crippen LogP contribution in [0.5, 0.6) is 0 Å². The van der Waals surface area contributed by atoms with Gasteiger partial charge in [0.1, 0.15) is 10.8 Å². The van der Waals surface area contributed by atoms with Gasteiger partial charge in [0.05, 0.1) is 0 Å². The molecule has 0 aliphatic heterocycles. The molecule has 2 N–H and O–H groups in total. The minimum Gasteiger partial charge on any atom is -0.348 e. The molecule has 2 amide bonds. The molecule has 26 heavy (non-hydrogen) atoms. The quantitative estimate of drug-likeness (QED) is 0.723. The van der Waals surface area contributed by atoms with Crippen LogP contribution in [0.15, 0.2) is 48.5 Å². The summed E-state index contributed by atoms with van der Waals surface area (Å²) in [5.74, 6) is -1.05. The van der Waals surface area contributed by atoms with Crippen LogP contribution in [0.1, 0.15) is 30.7 Å². The Bertz CT molecular complexity index is 940. The third-order valence-corrected chi connectivity index (χ3v) is 4.36. The van der Waals surface area contributed by atoms with E-state index in [2.05, 4.69) is 20.8 Å². The van der Waals surface area contributed by atoms with Gasteiger partial charge < -0.3 is 10.6 Å². The first kappa shape index (κ1) is 17.7. The lowest BCUT2D eigenvalue weighted by Crippen LogP contribution is -2.23. The number of carbonyl (C=O) groups is 2. The van der Waals surface area contributed by atoms with Crippen molar-refractivity contribution in [2.75, 3.05) is 5.32 Å². The first-order chi connectivity index (χ1) is 12.5. The van der Waals surface area contributed by atoms with Crippen molar-refractivity contribution in [2.45, 2.75) is 13.5 Å². The molecule has 0 radical (unpaired) electrons. The van der Waals surface area contributed by atoms with Gasteiger partial charge in [0.25, 0.3) is 11.8 Å². The van der Waals surface area contributed by atoms with Crippen molar-refractivity contribution in [3.63, 3.8) is 0 Å². The smallest absolute Gasteiger partial charge is 0.286 e. The Hall–Kier alpha value is -3.13. The maximum Gasteiger partial charge on any atom is 0.286 e. The number of aromatic nitrogens is 2. The first-order valence-electron chi connectivity index (χ1n) is 7.76. The van der Waals surface area contributed by atoms with Crippen molar-refractivity contribution in [2.24, 2.45) is 0 Å². The lowest BCUT2D eigenvalue weighted by molar-refractivity contribution is 0.0950. The third kappa shape index (κ3) is 4.28. The number of halogens is 1. The van der Waals surface area contributed by atoms with Gasteiger partial charge >= 0.3 is 0 Å². The third-order valence-electron chi connectivity index (χ3n) is 3.52. The number of nitrogens with zero attached hydrogens (tertiary/aromatic N) is 2. The predicted molar refractivity (Wildman–Crippen MR) is 96.6 cm³/mol. The summed E-state index contributed by atoms with van der Waals surface area (Å²) in [7, 11) is 0. The van der Waals surface area contributed by atoms with Gasteiger partial charge in [-0.1, -0.05) is 29.5 Å². The van der Waals surface area contributed by atoms with Gasteiger partial charge in [0.15, 0.2) is 0 Å². The van der Waals surface area contributed by atoms with Gasteiger partial charge in [0.2, 0.25) is 5.01 Å². The van der Waals surface area contributed by atoms with Crippen LogP contribution < -0.4 is 10.6 Å². The molecule has 0 aliphatic rings. The number of nitrogens with one attached hydrogen (secondary N) is 2. The van der Waals surface area contributed by atoms with Crippen LogP contribution in [0.2, 0.25) is 0 Å². The first-order valence-corrected chi connectivity index (χ1v) is 8.58. The number of aryl methyl sites for hydroxylation is 1. The zero-order chi connectivity index (χ0) is 18.5. The highest BCUT2D eigenvalue weighted by molar-refractivity contribution is 7.13. The molecule has 6 nitrogen and oxygen atoms in total. The van der Waals surface area contributed by atoms with E-state index >= 15 is 0 Å². The summed E-state index contributed by atoms with van der Waals surface area (Å²) >= 11 is 1.20. The number of hydrogen-bond donors (Lipinski definition) is 2. The number of anilines is 1. The lowest BCUT2D eigenvalue weighted by Gasteiger charge is -2.07. The summed E-state index contributed by atoms with van der Waals surface area (Å²) in [6, 6.07) is 12.7. The Kier molecular flexibility index (Phi) is 5.33. The highest BCUT2D eigenvalue weighted by Crippen LogP contribution is 2.14. The molecular formula is C18H15FN4O2S. The molecule has 132 valence electrons. The Labute approximate surface area is 153 Å².